The second-order valence-electron chi connectivity index (χ2n) is 4.11. The van der Waals surface area contributed by atoms with Crippen molar-refractivity contribution in [2.75, 3.05) is 5.73 Å². The van der Waals surface area contributed by atoms with Gasteiger partial charge < -0.3 is 5.73 Å². The number of para-hydroxylation sites is 2. The molecule has 0 unspecified atom stereocenters. The topological polar surface area (TPSA) is 64.7 Å². The fraction of sp³-hybridized carbons (Fsp3) is 0.0714. The molecule has 3 rings (SSSR count). The first kappa shape index (κ1) is 11.8. The van der Waals surface area contributed by atoms with Crippen LogP contribution in [0.25, 0.3) is 27.8 Å². The average molecular weight is 268 g/mol. The van der Waals surface area contributed by atoms with Crippen molar-refractivity contribution in [3.8, 4) is 10.7 Å². The Morgan fingerprint density at radius 1 is 1.16 bits per heavy atom. The zero-order chi connectivity index (χ0) is 13.4. The smallest absolute Gasteiger partial charge is 0.153 e. The van der Waals surface area contributed by atoms with Gasteiger partial charge in [-0.3, -0.25) is 0 Å². The highest BCUT2D eigenvalue weighted by Gasteiger charge is 2.13. The molecule has 0 atom stereocenters. The third-order valence-electron chi connectivity index (χ3n) is 2.83. The number of aromatic nitrogens is 3. The molecule has 2 aromatic heterocycles. The molecule has 3 aromatic rings. The fourth-order valence-corrected chi connectivity index (χ4v) is 2.78. The summed E-state index contributed by atoms with van der Waals surface area (Å²) in [6, 6.07) is 7.66. The molecule has 0 radical (unpaired) electrons. The summed E-state index contributed by atoms with van der Waals surface area (Å²) in [4.78, 5) is 14.5. The molecular weight excluding hydrogens is 256 g/mol. The number of nitrogens with two attached hydrogens (primary N) is 1. The van der Waals surface area contributed by atoms with Crippen molar-refractivity contribution in [2.45, 2.75) is 6.92 Å². The lowest BCUT2D eigenvalue weighted by Crippen LogP contribution is -1.98. The molecule has 2 N–H and O–H groups in total. The van der Waals surface area contributed by atoms with Crippen LogP contribution in [0, 0.1) is 6.92 Å². The van der Waals surface area contributed by atoms with E-state index in [2.05, 4.69) is 21.5 Å². The number of fused-ring (bicyclic) bond motifs is 1. The molecule has 0 aliphatic heterocycles. The lowest BCUT2D eigenvalue weighted by molar-refractivity contribution is 1.26. The molecule has 0 aliphatic rings. The van der Waals surface area contributed by atoms with Gasteiger partial charge in [0.2, 0.25) is 0 Å². The Bertz CT molecular complexity index is 776. The van der Waals surface area contributed by atoms with E-state index >= 15 is 0 Å². The second kappa shape index (κ2) is 4.44. The van der Waals surface area contributed by atoms with Crippen LogP contribution in [0.15, 0.2) is 30.8 Å². The number of thiazole rings is 1. The lowest BCUT2D eigenvalue weighted by Gasteiger charge is -2.03. The van der Waals surface area contributed by atoms with Gasteiger partial charge in [0.05, 0.1) is 16.7 Å². The van der Waals surface area contributed by atoms with Crippen molar-refractivity contribution in [2.24, 2.45) is 0 Å². The highest BCUT2D eigenvalue weighted by molar-refractivity contribution is 7.15. The number of hydrogen-bond acceptors (Lipinski definition) is 5. The van der Waals surface area contributed by atoms with E-state index in [9.17, 15) is 0 Å². The summed E-state index contributed by atoms with van der Waals surface area (Å²) in [5.74, 6) is 0.406. The van der Waals surface area contributed by atoms with E-state index in [0.717, 1.165) is 26.6 Å². The van der Waals surface area contributed by atoms with Crippen molar-refractivity contribution < 1.29 is 0 Å². The zero-order valence-electron chi connectivity index (χ0n) is 10.4. The van der Waals surface area contributed by atoms with Gasteiger partial charge >= 0.3 is 0 Å². The zero-order valence-corrected chi connectivity index (χ0v) is 11.2. The van der Waals surface area contributed by atoms with Crippen molar-refractivity contribution in [1.82, 2.24) is 15.0 Å². The highest BCUT2D eigenvalue weighted by atomic mass is 32.1. The van der Waals surface area contributed by atoms with Gasteiger partial charge in [-0.25, -0.2) is 15.0 Å². The molecule has 0 saturated carbocycles. The minimum Gasteiger partial charge on any atom is -0.382 e. The Morgan fingerprint density at radius 2 is 1.84 bits per heavy atom. The van der Waals surface area contributed by atoms with E-state index in [0.29, 0.717) is 11.5 Å². The van der Waals surface area contributed by atoms with Crippen LogP contribution < -0.4 is 5.73 Å². The van der Waals surface area contributed by atoms with Gasteiger partial charge in [0.25, 0.3) is 0 Å². The molecule has 0 fully saturated rings. The van der Waals surface area contributed by atoms with Gasteiger partial charge in [0.1, 0.15) is 10.7 Å². The van der Waals surface area contributed by atoms with Crippen LogP contribution in [0.3, 0.4) is 0 Å². The van der Waals surface area contributed by atoms with E-state index in [4.69, 9.17) is 5.73 Å². The van der Waals surface area contributed by atoms with E-state index < -0.39 is 0 Å². The number of nitrogens with zero attached hydrogens (tertiary/aromatic N) is 3. The molecule has 19 heavy (non-hydrogen) atoms. The molecule has 4 nitrogen and oxygen atoms in total. The number of hydrogen-bond donors (Lipinski definition) is 1. The van der Waals surface area contributed by atoms with Crippen LogP contribution in [-0.4, -0.2) is 15.0 Å². The van der Waals surface area contributed by atoms with Gasteiger partial charge in [-0.1, -0.05) is 18.7 Å². The summed E-state index contributed by atoms with van der Waals surface area (Å²) in [5, 5.41) is 0.781. The summed E-state index contributed by atoms with van der Waals surface area (Å²) < 4.78 is 0. The summed E-state index contributed by atoms with van der Waals surface area (Å²) in [5.41, 5.74) is 9.11. The van der Waals surface area contributed by atoms with E-state index in [1.165, 1.54) is 0 Å². The Hall–Kier alpha value is -2.27. The largest absolute Gasteiger partial charge is 0.382 e. The number of aryl methyl sites for hydroxylation is 1. The van der Waals surface area contributed by atoms with Gasteiger partial charge in [-0.2, -0.15) is 0 Å². The predicted molar refractivity (Wildman–Crippen MR) is 79.9 cm³/mol. The molecule has 0 saturated heterocycles. The van der Waals surface area contributed by atoms with E-state index in [1.54, 1.807) is 17.4 Å². The van der Waals surface area contributed by atoms with Crippen molar-refractivity contribution in [3.05, 3.63) is 41.4 Å². The Labute approximate surface area is 114 Å². The summed E-state index contributed by atoms with van der Waals surface area (Å²) in [6.45, 7) is 5.75. The second-order valence-corrected chi connectivity index (χ2v) is 5.31. The minimum atomic E-state index is 0.406. The number of nitrogen functional groups attached to an aromatic ring is 1. The molecule has 0 bridgehead atoms. The standard InChI is InChI=1S/C14H12N4S/c1-3-9-8(2)19-14(18-9)12-13(15)17-11-7-5-4-6-10(11)16-12/h3-7H,1H2,2H3,(H2,15,17). The highest BCUT2D eigenvalue weighted by Crippen LogP contribution is 2.30. The van der Waals surface area contributed by atoms with Crippen LogP contribution in [-0.2, 0) is 0 Å². The average Bonchev–Trinajstić information content (AvgIpc) is 2.79. The van der Waals surface area contributed by atoms with Crippen LogP contribution in [0.1, 0.15) is 10.6 Å². The first-order chi connectivity index (χ1) is 9.19. The maximum absolute atomic E-state index is 5.99. The molecular formula is C14H12N4S. The van der Waals surface area contributed by atoms with Crippen molar-refractivity contribution in [3.63, 3.8) is 0 Å². The normalized spacial score (nSPS) is 10.8. The summed E-state index contributed by atoms with van der Waals surface area (Å²) >= 11 is 1.55. The van der Waals surface area contributed by atoms with Crippen molar-refractivity contribution in [1.29, 1.82) is 0 Å². The maximum atomic E-state index is 5.99. The third-order valence-corrected chi connectivity index (χ3v) is 3.82. The van der Waals surface area contributed by atoms with Crippen LogP contribution in [0.2, 0.25) is 0 Å². The number of benzene rings is 1. The van der Waals surface area contributed by atoms with Gasteiger partial charge in [0, 0.05) is 4.88 Å². The van der Waals surface area contributed by atoms with Crippen LogP contribution in [0.4, 0.5) is 5.82 Å². The van der Waals surface area contributed by atoms with Crippen molar-refractivity contribution >= 4 is 34.3 Å². The fourth-order valence-electron chi connectivity index (χ4n) is 1.87. The Kier molecular flexibility index (Phi) is 2.76. The predicted octanol–water partition coefficient (Wildman–Crippen LogP) is 3.29. The molecule has 2 heterocycles. The van der Waals surface area contributed by atoms with Crippen LogP contribution in [0.5, 0.6) is 0 Å². The summed E-state index contributed by atoms with van der Waals surface area (Å²) in [6.07, 6.45) is 1.74. The first-order valence-corrected chi connectivity index (χ1v) is 6.63. The Morgan fingerprint density at radius 3 is 2.47 bits per heavy atom. The monoisotopic (exact) mass is 268 g/mol. The lowest BCUT2D eigenvalue weighted by atomic mass is 10.3. The van der Waals surface area contributed by atoms with Crippen LogP contribution >= 0.6 is 11.3 Å². The quantitative estimate of drug-likeness (QED) is 0.774. The molecule has 0 amide bonds. The van der Waals surface area contributed by atoms with Gasteiger partial charge in [-0.15, -0.1) is 11.3 Å². The number of rotatable bonds is 2. The van der Waals surface area contributed by atoms with Gasteiger partial charge in [0.15, 0.2) is 5.82 Å². The Balaban J connectivity index is 2.23. The molecule has 0 spiro atoms. The van der Waals surface area contributed by atoms with Gasteiger partial charge in [-0.05, 0) is 25.1 Å². The maximum Gasteiger partial charge on any atom is 0.153 e. The minimum absolute atomic E-state index is 0.406. The SMILES string of the molecule is C=Cc1nc(-c2nc3ccccc3nc2N)sc1C. The molecule has 94 valence electrons. The van der Waals surface area contributed by atoms with E-state index in [1.807, 2.05) is 31.2 Å². The first-order valence-electron chi connectivity index (χ1n) is 5.81. The van der Waals surface area contributed by atoms with E-state index in [-0.39, 0.29) is 0 Å². The number of anilines is 1. The molecule has 1 aromatic carbocycles. The summed E-state index contributed by atoms with van der Waals surface area (Å²) in [7, 11) is 0. The molecule has 0 aliphatic carbocycles. The molecule has 5 heteroatoms. The third kappa shape index (κ3) is 1.98.